The molecule has 3 rings (SSSR count). The Bertz CT molecular complexity index is 1200. The van der Waals surface area contributed by atoms with Crippen LogP contribution in [0.25, 0.3) is 5.69 Å². The largest absolute Gasteiger partial charge is 0.478 e. The van der Waals surface area contributed by atoms with E-state index in [0.717, 1.165) is 6.07 Å². The molecular formula is C20H20F3N3O4S. The van der Waals surface area contributed by atoms with E-state index in [0.29, 0.717) is 11.4 Å². The summed E-state index contributed by atoms with van der Waals surface area (Å²) in [5.41, 5.74) is 5.70. The summed E-state index contributed by atoms with van der Waals surface area (Å²) in [6.07, 6.45) is -4.50. The number of benzene rings is 2. The van der Waals surface area contributed by atoms with Crippen LogP contribution in [0.3, 0.4) is 0 Å². The molecule has 1 heterocycles. The summed E-state index contributed by atoms with van der Waals surface area (Å²) in [6, 6.07) is 12.2. The molecule has 0 saturated carbocycles. The number of primary sulfonamides is 1. The SMILES string of the molecule is Cc1cc(C(=O)O)c(C)n1-c1ccccc1C(F)(F)F.Nc1ccc(S(N)(=O)=O)cc1. The summed E-state index contributed by atoms with van der Waals surface area (Å²) in [6.45, 7) is 3.07. The Balaban J connectivity index is 0.000000262. The van der Waals surface area contributed by atoms with Crippen LogP contribution in [-0.2, 0) is 16.2 Å². The standard InChI is InChI=1S/C14H12F3NO2.C6H8N2O2S/c1-8-7-10(13(19)20)9(2)18(8)12-6-4-3-5-11(12)14(15,16)17;7-5-1-3-6(4-2-5)11(8,9)10/h3-7H,1-2H3,(H,19,20);1-4H,7H2,(H2,8,9,10). The molecule has 166 valence electrons. The molecule has 11 heteroatoms. The highest BCUT2D eigenvalue weighted by Crippen LogP contribution is 2.35. The van der Waals surface area contributed by atoms with Gasteiger partial charge in [-0.1, -0.05) is 12.1 Å². The lowest BCUT2D eigenvalue weighted by atomic mass is 10.1. The second-order valence-corrected chi connectivity index (χ2v) is 8.12. The van der Waals surface area contributed by atoms with Crippen molar-refractivity contribution in [2.24, 2.45) is 5.14 Å². The molecule has 0 aliphatic rings. The molecule has 31 heavy (non-hydrogen) atoms. The second kappa shape index (κ2) is 8.82. The number of rotatable bonds is 3. The van der Waals surface area contributed by atoms with E-state index in [9.17, 15) is 26.4 Å². The lowest BCUT2D eigenvalue weighted by Gasteiger charge is -2.16. The fourth-order valence-electron chi connectivity index (χ4n) is 2.92. The van der Waals surface area contributed by atoms with Crippen molar-refractivity contribution < 1.29 is 31.5 Å². The van der Waals surface area contributed by atoms with E-state index in [-0.39, 0.29) is 21.8 Å². The monoisotopic (exact) mass is 455 g/mol. The molecule has 0 bridgehead atoms. The van der Waals surface area contributed by atoms with E-state index in [1.54, 1.807) is 6.92 Å². The number of aromatic carboxylic acids is 1. The second-order valence-electron chi connectivity index (χ2n) is 6.55. The average Bonchev–Trinajstić information content (AvgIpc) is 2.95. The van der Waals surface area contributed by atoms with Gasteiger partial charge in [0.2, 0.25) is 10.0 Å². The molecule has 0 fully saturated rings. The highest BCUT2D eigenvalue weighted by molar-refractivity contribution is 7.89. The molecular weight excluding hydrogens is 435 g/mol. The molecule has 7 nitrogen and oxygen atoms in total. The van der Waals surface area contributed by atoms with Gasteiger partial charge in [0.1, 0.15) is 0 Å². The van der Waals surface area contributed by atoms with Crippen molar-refractivity contribution in [2.75, 3.05) is 5.73 Å². The van der Waals surface area contributed by atoms with E-state index in [4.69, 9.17) is 16.0 Å². The molecule has 0 unspecified atom stereocenters. The van der Waals surface area contributed by atoms with E-state index in [1.807, 2.05) is 0 Å². The quantitative estimate of drug-likeness (QED) is 0.519. The van der Waals surface area contributed by atoms with Crippen LogP contribution in [0.1, 0.15) is 27.3 Å². The predicted octanol–water partition coefficient (Wildman–Crippen LogP) is 3.73. The van der Waals surface area contributed by atoms with Crippen LogP contribution in [0, 0.1) is 13.8 Å². The average molecular weight is 455 g/mol. The minimum absolute atomic E-state index is 0.000484. The number of sulfonamides is 1. The van der Waals surface area contributed by atoms with Crippen LogP contribution in [-0.4, -0.2) is 24.1 Å². The number of anilines is 1. The molecule has 0 amide bonds. The number of aromatic nitrogens is 1. The van der Waals surface area contributed by atoms with Gasteiger partial charge in [-0.05, 0) is 56.3 Å². The highest BCUT2D eigenvalue weighted by Gasteiger charge is 2.34. The van der Waals surface area contributed by atoms with Crippen molar-refractivity contribution in [2.45, 2.75) is 24.9 Å². The van der Waals surface area contributed by atoms with Gasteiger partial charge in [-0.3, -0.25) is 0 Å². The smallest absolute Gasteiger partial charge is 0.418 e. The third-order valence-corrected chi connectivity index (χ3v) is 5.25. The first kappa shape index (κ1) is 24.0. The normalized spacial score (nSPS) is 11.5. The van der Waals surface area contributed by atoms with Gasteiger partial charge in [0.15, 0.2) is 0 Å². The van der Waals surface area contributed by atoms with Crippen LogP contribution >= 0.6 is 0 Å². The van der Waals surface area contributed by atoms with E-state index in [2.05, 4.69) is 0 Å². The van der Waals surface area contributed by atoms with Crippen LogP contribution in [0.15, 0.2) is 59.5 Å². The Morgan fingerprint density at radius 1 is 1.03 bits per heavy atom. The summed E-state index contributed by atoms with van der Waals surface area (Å²) < 4.78 is 61.8. The maximum absolute atomic E-state index is 13.0. The number of aryl methyl sites for hydroxylation is 1. The number of carboxylic acid groups (broad SMARTS) is 1. The lowest BCUT2D eigenvalue weighted by molar-refractivity contribution is -0.137. The Morgan fingerprint density at radius 3 is 2.03 bits per heavy atom. The summed E-state index contributed by atoms with van der Waals surface area (Å²) in [5.74, 6) is -1.16. The molecule has 0 atom stereocenters. The number of hydrogen-bond acceptors (Lipinski definition) is 4. The Hall–Kier alpha value is -3.31. The van der Waals surface area contributed by atoms with Gasteiger partial charge in [-0.15, -0.1) is 0 Å². The number of nitrogen functional groups attached to an aromatic ring is 1. The van der Waals surface area contributed by atoms with Gasteiger partial charge in [-0.25, -0.2) is 18.4 Å². The number of carbonyl (C=O) groups is 1. The number of carboxylic acids is 1. The predicted molar refractivity (Wildman–Crippen MR) is 109 cm³/mol. The van der Waals surface area contributed by atoms with Gasteiger partial charge in [-0.2, -0.15) is 13.2 Å². The maximum Gasteiger partial charge on any atom is 0.418 e. The molecule has 1 aromatic heterocycles. The number of nitrogens with two attached hydrogens (primary N) is 2. The molecule has 2 aromatic carbocycles. The highest BCUT2D eigenvalue weighted by atomic mass is 32.2. The van der Waals surface area contributed by atoms with Crippen LogP contribution in [0.5, 0.6) is 0 Å². The van der Waals surface area contributed by atoms with Crippen molar-refractivity contribution in [1.29, 1.82) is 0 Å². The Labute approximate surface area is 176 Å². The van der Waals surface area contributed by atoms with Crippen molar-refractivity contribution >= 4 is 21.7 Å². The van der Waals surface area contributed by atoms with E-state index < -0.39 is 27.7 Å². The maximum atomic E-state index is 13.0. The Morgan fingerprint density at radius 2 is 1.58 bits per heavy atom. The zero-order valence-corrected chi connectivity index (χ0v) is 17.3. The van der Waals surface area contributed by atoms with Gasteiger partial charge >= 0.3 is 12.1 Å². The Kier molecular flexibility index (Phi) is 6.82. The minimum Gasteiger partial charge on any atom is -0.478 e. The van der Waals surface area contributed by atoms with Crippen molar-refractivity contribution in [3.63, 3.8) is 0 Å². The third-order valence-electron chi connectivity index (χ3n) is 4.32. The lowest BCUT2D eigenvalue weighted by Crippen LogP contribution is -2.12. The van der Waals surface area contributed by atoms with Gasteiger partial charge in [0.05, 0.1) is 21.7 Å². The van der Waals surface area contributed by atoms with Gasteiger partial charge in [0, 0.05) is 17.1 Å². The summed E-state index contributed by atoms with van der Waals surface area (Å²) in [7, 11) is -3.58. The third kappa shape index (κ3) is 5.64. The zero-order chi connectivity index (χ0) is 23.6. The van der Waals surface area contributed by atoms with E-state index >= 15 is 0 Å². The van der Waals surface area contributed by atoms with Crippen molar-refractivity contribution in [3.8, 4) is 5.69 Å². The van der Waals surface area contributed by atoms with Crippen LogP contribution in [0.4, 0.5) is 18.9 Å². The topological polar surface area (TPSA) is 128 Å². The first-order valence-electron chi connectivity index (χ1n) is 8.70. The van der Waals surface area contributed by atoms with Crippen molar-refractivity contribution in [3.05, 3.63) is 77.1 Å². The molecule has 0 aliphatic carbocycles. The summed E-state index contributed by atoms with van der Waals surface area (Å²) in [5, 5.41) is 13.9. The molecule has 5 N–H and O–H groups in total. The number of para-hydroxylation sites is 1. The number of alkyl halides is 3. The summed E-state index contributed by atoms with van der Waals surface area (Å²) >= 11 is 0. The van der Waals surface area contributed by atoms with Gasteiger partial charge in [0.25, 0.3) is 0 Å². The summed E-state index contributed by atoms with van der Waals surface area (Å²) in [4.78, 5) is 11.1. The number of hydrogen-bond donors (Lipinski definition) is 3. The first-order valence-corrected chi connectivity index (χ1v) is 10.2. The molecule has 0 spiro atoms. The molecule has 3 aromatic rings. The molecule has 0 radical (unpaired) electrons. The fourth-order valence-corrected chi connectivity index (χ4v) is 3.43. The van der Waals surface area contributed by atoms with Crippen molar-refractivity contribution in [1.82, 2.24) is 4.57 Å². The van der Waals surface area contributed by atoms with Crippen LogP contribution < -0.4 is 10.9 Å². The first-order chi connectivity index (χ1) is 14.2. The van der Waals surface area contributed by atoms with Crippen LogP contribution in [0.2, 0.25) is 0 Å². The fraction of sp³-hybridized carbons (Fsp3) is 0.150. The number of halogens is 3. The van der Waals surface area contributed by atoms with E-state index in [1.165, 1.54) is 60.0 Å². The number of nitrogens with zero attached hydrogens (tertiary/aromatic N) is 1. The zero-order valence-electron chi connectivity index (χ0n) is 16.5. The molecule has 0 aliphatic heterocycles. The minimum atomic E-state index is -4.50. The molecule has 0 saturated heterocycles. The van der Waals surface area contributed by atoms with Gasteiger partial charge < -0.3 is 15.4 Å².